The lowest BCUT2D eigenvalue weighted by atomic mass is 10.0. The standard InChI is InChI=1S/C30H34BrCl2N3O4S/c1-4-5-16-34-30(38)28(18-22-10-7-6-8-11-22)35(19-24-26(32)12-9-13-27(24)33)29(37)20-36(41(3,39)40)23-14-15-25(31)21(2)17-23/h6-15,17,28H,4-5,16,18-20H2,1-3H3,(H,34,38)/t28-/m0/s1. The highest BCUT2D eigenvalue weighted by molar-refractivity contribution is 9.10. The van der Waals surface area contributed by atoms with E-state index in [1.165, 1.54) is 4.90 Å². The summed E-state index contributed by atoms with van der Waals surface area (Å²) in [5.41, 5.74) is 2.45. The Morgan fingerprint density at radius 3 is 2.24 bits per heavy atom. The number of hydrogen-bond acceptors (Lipinski definition) is 4. The van der Waals surface area contributed by atoms with Gasteiger partial charge in [-0.05, 0) is 54.8 Å². The van der Waals surface area contributed by atoms with E-state index in [0.717, 1.165) is 39.0 Å². The molecule has 0 aliphatic rings. The summed E-state index contributed by atoms with van der Waals surface area (Å²) < 4.78 is 27.7. The molecular formula is C30H34BrCl2N3O4S. The number of anilines is 1. The van der Waals surface area contributed by atoms with Crippen LogP contribution in [0.25, 0.3) is 0 Å². The fourth-order valence-corrected chi connectivity index (χ4v) is 5.92. The molecule has 0 saturated carbocycles. The van der Waals surface area contributed by atoms with Crippen molar-refractivity contribution in [3.63, 3.8) is 0 Å². The topological polar surface area (TPSA) is 86.8 Å². The molecule has 220 valence electrons. The number of aryl methyl sites for hydroxylation is 1. The van der Waals surface area contributed by atoms with Gasteiger partial charge in [0.15, 0.2) is 0 Å². The first-order chi connectivity index (χ1) is 19.4. The molecule has 0 aliphatic carbocycles. The highest BCUT2D eigenvalue weighted by Gasteiger charge is 2.33. The van der Waals surface area contributed by atoms with Crippen LogP contribution in [0.3, 0.4) is 0 Å². The molecule has 1 atom stereocenters. The van der Waals surface area contributed by atoms with Gasteiger partial charge in [-0.3, -0.25) is 13.9 Å². The Morgan fingerprint density at radius 2 is 1.66 bits per heavy atom. The number of halogens is 3. The number of nitrogens with one attached hydrogen (secondary N) is 1. The number of benzene rings is 3. The summed E-state index contributed by atoms with van der Waals surface area (Å²) in [6.07, 6.45) is 2.92. The van der Waals surface area contributed by atoms with Crippen LogP contribution in [0.4, 0.5) is 5.69 Å². The average Bonchev–Trinajstić information content (AvgIpc) is 2.92. The Labute approximate surface area is 261 Å². The number of nitrogens with zero attached hydrogens (tertiary/aromatic N) is 2. The van der Waals surface area contributed by atoms with Crippen LogP contribution in [-0.4, -0.2) is 50.5 Å². The first-order valence-electron chi connectivity index (χ1n) is 13.2. The molecule has 0 aliphatic heterocycles. The molecule has 0 spiro atoms. The van der Waals surface area contributed by atoms with E-state index in [2.05, 4.69) is 21.2 Å². The number of rotatable bonds is 13. The zero-order chi connectivity index (χ0) is 30.2. The number of carbonyl (C=O) groups is 2. The summed E-state index contributed by atoms with van der Waals surface area (Å²) in [4.78, 5) is 29.2. The van der Waals surface area contributed by atoms with Crippen LogP contribution in [0.15, 0.2) is 71.2 Å². The Bertz CT molecular complexity index is 1450. The van der Waals surface area contributed by atoms with Crippen LogP contribution in [0, 0.1) is 6.92 Å². The molecule has 0 saturated heterocycles. The van der Waals surface area contributed by atoms with E-state index in [9.17, 15) is 18.0 Å². The van der Waals surface area contributed by atoms with Crippen molar-refractivity contribution in [1.82, 2.24) is 10.2 Å². The van der Waals surface area contributed by atoms with E-state index in [4.69, 9.17) is 23.2 Å². The predicted molar refractivity (Wildman–Crippen MR) is 170 cm³/mol. The van der Waals surface area contributed by atoms with Crippen LogP contribution in [0.5, 0.6) is 0 Å². The quantitative estimate of drug-likeness (QED) is 0.212. The van der Waals surface area contributed by atoms with Gasteiger partial charge >= 0.3 is 0 Å². The van der Waals surface area contributed by atoms with E-state index >= 15 is 0 Å². The molecule has 0 fully saturated rings. The number of sulfonamides is 1. The predicted octanol–water partition coefficient (Wildman–Crippen LogP) is 6.39. The van der Waals surface area contributed by atoms with Gasteiger partial charge in [-0.25, -0.2) is 8.42 Å². The molecule has 3 aromatic carbocycles. The average molecular weight is 683 g/mol. The highest BCUT2D eigenvalue weighted by Crippen LogP contribution is 2.29. The Morgan fingerprint density at radius 1 is 1.00 bits per heavy atom. The van der Waals surface area contributed by atoms with Crippen molar-refractivity contribution < 1.29 is 18.0 Å². The fourth-order valence-electron chi connectivity index (χ4n) is 4.31. The summed E-state index contributed by atoms with van der Waals surface area (Å²) in [5, 5.41) is 3.62. The Balaban J connectivity index is 2.09. The lowest BCUT2D eigenvalue weighted by Gasteiger charge is -2.34. The first kappa shape index (κ1) is 32.9. The molecule has 41 heavy (non-hydrogen) atoms. The normalized spacial score (nSPS) is 12.0. The number of unbranched alkanes of at least 4 members (excludes halogenated alkanes) is 1. The van der Waals surface area contributed by atoms with Crippen LogP contribution in [0.1, 0.15) is 36.5 Å². The number of hydrogen-bond donors (Lipinski definition) is 1. The fraction of sp³-hybridized carbons (Fsp3) is 0.333. The second-order valence-corrected chi connectivity index (χ2v) is 13.4. The summed E-state index contributed by atoms with van der Waals surface area (Å²) in [6, 6.07) is 18.5. The second kappa shape index (κ2) is 15.0. The molecule has 1 N–H and O–H groups in total. The molecule has 0 radical (unpaired) electrons. The van der Waals surface area contributed by atoms with Crippen molar-refractivity contribution in [1.29, 1.82) is 0 Å². The maximum Gasteiger partial charge on any atom is 0.244 e. The molecule has 0 aromatic heterocycles. The van der Waals surface area contributed by atoms with Gasteiger partial charge in [0, 0.05) is 39.6 Å². The third-order valence-electron chi connectivity index (χ3n) is 6.60. The first-order valence-corrected chi connectivity index (χ1v) is 16.6. The minimum atomic E-state index is -3.87. The summed E-state index contributed by atoms with van der Waals surface area (Å²) in [6.45, 7) is 3.69. The van der Waals surface area contributed by atoms with Gasteiger partial charge in [-0.2, -0.15) is 0 Å². The van der Waals surface area contributed by atoms with Crippen LogP contribution < -0.4 is 9.62 Å². The molecule has 7 nitrogen and oxygen atoms in total. The maximum absolute atomic E-state index is 14.2. The highest BCUT2D eigenvalue weighted by atomic mass is 79.9. The van der Waals surface area contributed by atoms with Crippen molar-refractivity contribution in [2.75, 3.05) is 23.7 Å². The molecular weight excluding hydrogens is 649 g/mol. The van der Waals surface area contributed by atoms with Crippen molar-refractivity contribution in [3.05, 3.63) is 97.9 Å². The van der Waals surface area contributed by atoms with Crippen LogP contribution in [-0.2, 0) is 32.6 Å². The smallest absolute Gasteiger partial charge is 0.244 e. The molecule has 0 bridgehead atoms. The van der Waals surface area contributed by atoms with Crippen molar-refractivity contribution in [2.45, 2.75) is 45.7 Å². The van der Waals surface area contributed by atoms with Crippen molar-refractivity contribution in [3.8, 4) is 0 Å². The molecule has 2 amide bonds. The number of amides is 2. The van der Waals surface area contributed by atoms with E-state index in [-0.39, 0.29) is 18.9 Å². The summed E-state index contributed by atoms with van der Waals surface area (Å²) in [7, 11) is -3.87. The summed E-state index contributed by atoms with van der Waals surface area (Å²) in [5.74, 6) is -0.914. The molecule has 0 unspecified atom stereocenters. The van der Waals surface area contributed by atoms with Gasteiger partial charge in [-0.1, -0.05) is 88.9 Å². The monoisotopic (exact) mass is 681 g/mol. The zero-order valence-electron chi connectivity index (χ0n) is 23.2. The van der Waals surface area contributed by atoms with Crippen molar-refractivity contribution in [2.24, 2.45) is 0 Å². The van der Waals surface area contributed by atoms with Crippen molar-refractivity contribution >= 4 is 66.7 Å². The lowest BCUT2D eigenvalue weighted by Crippen LogP contribution is -2.53. The third-order valence-corrected chi connectivity index (χ3v) is 9.34. The summed E-state index contributed by atoms with van der Waals surface area (Å²) >= 11 is 16.4. The largest absolute Gasteiger partial charge is 0.354 e. The molecule has 3 rings (SSSR count). The van der Waals surface area contributed by atoms with E-state index in [1.807, 2.05) is 44.2 Å². The van der Waals surface area contributed by atoms with E-state index in [1.54, 1.807) is 36.4 Å². The maximum atomic E-state index is 14.2. The van der Waals surface area contributed by atoms with Crippen LogP contribution >= 0.6 is 39.1 Å². The third kappa shape index (κ3) is 9.20. The minimum absolute atomic E-state index is 0.0903. The van der Waals surface area contributed by atoms with E-state index < -0.39 is 28.5 Å². The molecule has 11 heteroatoms. The lowest BCUT2D eigenvalue weighted by molar-refractivity contribution is -0.140. The van der Waals surface area contributed by atoms with Gasteiger partial charge in [-0.15, -0.1) is 0 Å². The second-order valence-electron chi connectivity index (χ2n) is 9.78. The minimum Gasteiger partial charge on any atom is -0.354 e. The van der Waals surface area contributed by atoms with Gasteiger partial charge in [0.25, 0.3) is 0 Å². The number of carbonyl (C=O) groups excluding carboxylic acids is 2. The van der Waals surface area contributed by atoms with Crippen LogP contribution in [0.2, 0.25) is 10.0 Å². The molecule has 0 heterocycles. The Hall–Kier alpha value is -2.59. The van der Waals surface area contributed by atoms with Gasteiger partial charge in [0.2, 0.25) is 21.8 Å². The van der Waals surface area contributed by atoms with E-state index in [0.29, 0.717) is 27.8 Å². The van der Waals surface area contributed by atoms with Gasteiger partial charge in [0.05, 0.1) is 11.9 Å². The molecule has 3 aromatic rings. The SMILES string of the molecule is CCCCNC(=O)[C@H](Cc1ccccc1)N(Cc1c(Cl)cccc1Cl)C(=O)CN(c1ccc(Br)c(C)c1)S(C)(=O)=O. The Kier molecular flexibility index (Phi) is 12.1. The van der Waals surface area contributed by atoms with Gasteiger partial charge < -0.3 is 10.2 Å². The van der Waals surface area contributed by atoms with Gasteiger partial charge in [0.1, 0.15) is 12.6 Å². The zero-order valence-corrected chi connectivity index (χ0v) is 27.2.